The molecule has 0 radical (unpaired) electrons. The van der Waals surface area contributed by atoms with E-state index in [1.54, 1.807) is 0 Å². The summed E-state index contributed by atoms with van der Waals surface area (Å²) < 4.78 is 2.50. The van der Waals surface area contributed by atoms with Crippen molar-refractivity contribution in [2.45, 2.75) is 45.1 Å². The summed E-state index contributed by atoms with van der Waals surface area (Å²) in [5.41, 5.74) is 2.80. The predicted molar refractivity (Wildman–Crippen MR) is 60.1 cm³/mol. The maximum Gasteiger partial charge on any atom is 0.109 e. The molecule has 0 aromatic carbocycles. The Balaban J connectivity index is 2.01. The van der Waals surface area contributed by atoms with Gasteiger partial charge in [-0.3, -0.25) is 0 Å². The lowest BCUT2D eigenvalue weighted by Gasteiger charge is -2.19. The number of fused-ring (bicyclic) bond motifs is 1. The Morgan fingerprint density at radius 3 is 3.13 bits per heavy atom. The molecule has 1 aromatic heterocycles. The highest BCUT2D eigenvalue weighted by Gasteiger charge is 2.25. The molecule has 3 heteroatoms. The summed E-state index contributed by atoms with van der Waals surface area (Å²) in [6, 6.07) is 0. The minimum Gasteiger partial charge on any atom is -0.331 e. The monoisotopic (exact) mass is 205 g/mol. The maximum absolute atomic E-state index is 4.73. The summed E-state index contributed by atoms with van der Waals surface area (Å²) in [7, 11) is 0. The summed E-state index contributed by atoms with van der Waals surface area (Å²) in [5.74, 6) is 2.05. The van der Waals surface area contributed by atoms with Crippen LogP contribution in [0.15, 0.2) is 0 Å². The summed E-state index contributed by atoms with van der Waals surface area (Å²) in [4.78, 5) is 4.73. The van der Waals surface area contributed by atoms with Crippen molar-refractivity contribution in [1.29, 1.82) is 0 Å². The zero-order valence-electron chi connectivity index (χ0n) is 9.42. The van der Waals surface area contributed by atoms with Crippen LogP contribution in [-0.4, -0.2) is 22.6 Å². The van der Waals surface area contributed by atoms with Gasteiger partial charge in [-0.1, -0.05) is 0 Å². The highest BCUT2D eigenvalue weighted by Crippen LogP contribution is 2.29. The Labute approximate surface area is 90.9 Å². The molecular weight excluding hydrogens is 186 g/mol. The van der Waals surface area contributed by atoms with Gasteiger partial charge < -0.3 is 9.88 Å². The van der Waals surface area contributed by atoms with Crippen LogP contribution in [0.2, 0.25) is 0 Å². The van der Waals surface area contributed by atoms with Crippen LogP contribution < -0.4 is 5.32 Å². The molecule has 3 heterocycles. The van der Waals surface area contributed by atoms with Crippen molar-refractivity contribution in [3.05, 3.63) is 17.2 Å². The second kappa shape index (κ2) is 3.63. The maximum atomic E-state index is 4.73. The fraction of sp³-hybridized carbons (Fsp3) is 0.750. The molecule has 1 aromatic rings. The van der Waals surface area contributed by atoms with Crippen molar-refractivity contribution < 1.29 is 0 Å². The molecule has 0 bridgehead atoms. The van der Waals surface area contributed by atoms with Gasteiger partial charge in [0.05, 0.1) is 5.69 Å². The molecular formula is C12H19N3. The number of aromatic nitrogens is 2. The van der Waals surface area contributed by atoms with Gasteiger partial charge >= 0.3 is 0 Å². The molecule has 0 saturated carbocycles. The average Bonchev–Trinajstić information content (AvgIpc) is 2.82. The number of nitrogens with one attached hydrogen (secondary N) is 1. The van der Waals surface area contributed by atoms with E-state index in [0.29, 0.717) is 5.92 Å². The quantitative estimate of drug-likeness (QED) is 0.755. The second-order valence-electron chi connectivity index (χ2n) is 4.80. The zero-order valence-corrected chi connectivity index (χ0v) is 9.42. The molecule has 0 aliphatic carbocycles. The standard InChI is InChI=1S/C12H19N3/c1-9-12(10-5-6-13-8-10)15-7-3-2-4-11(15)14-9/h10,13H,2-8H2,1H3. The van der Waals surface area contributed by atoms with Crippen molar-refractivity contribution in [3.8, 4) is 0 Å². The molecule has 0 amide bonds. The van der Waals surface area contributed by atoms with E-state index in [2.05, 4.69) is 16.8 Å². The number of nitrogens with zero attached hydrogens (tertiary/aromatic N) is 2. The molecule has 1 fully saturated rings. The summed E-state index contributed by atoms with van der Waals surface area (Å²) in [6.07, 6.45) is 5.11. The van der Waals surface area contributed by atoms with E-state index in [1.807, 2.05) is 0 Å². The summed E-state index contributed by atoms with van der Waals surface area (Å²) >= 11 is 0. The normalized spacial score (nSPS) is 25.5. The smallest absolute Gasteiger partial charge is 0.109 e. The van der Waals surface area contributed by atoms with Gasteiger partial charge in [-0.15, -0.1) is 0 Å². The lowest BCUT2D eigenvalue weighted by molar-refractivity contribution is 0.495. The van der Waals surface area contributed by atoms with E-state index in [1.165, 1.54) is 56.0 Å². The zero-order chi connectivity index (χ0) is 10.3. The van der Waals surface area contributed by atoms with Crippen molar-refractivity contribution in [1.82, 2.24) is 14.9 Å². The lowest BCUT2D eigenvalue weighted by atomic mass is 10.0. The van der Waals surface area contributed by atoms with Gasteiger partial charge in [-0.05, 0) is 32.7 Å². The largest absolute Gasteiger partial charge is 0.331 e. The van der Waals surface area contributed by atoms with Gasteiger partial charge in [-0.2, -0.15) is 0 Å². The molecule has 1 unspecified atom stereocenters. The first kappa shape index (κ1) is 9.40. The second-order valence-corrected chi connectivity index (χ2v) is 4.80. The van der Waals surface area contributed by atoms with Crippen molar-refractivity contribution >= 4 is 0 Å². The van der Waals surface area contributed by atoms with E-state index in [0.717, 1.165) is 6.54 Å². The molecule has 82 valence electrons. The van der Waals surface area contributed by atoms with Crippen LogP contribution in [0.25, 0.3) is 0 Å². The highest BCUT2D eigenvalue weighted by molar-refractivity contribution is 5.23. The van der Waals surface area contributed by atoms with Crippen LogP contribution in [0.3, 0.4) is 0 Å². The Morgan fingerprint density at radius 2 is 2.33 bits per heavy atom. The molecule has 15 heavy (non-hydrogen) atoms. The number of aryl methyl sites for hydroxylation is 2. The SMILES string of the molecule is Cc1nc2n(c1C1CCNC1)CCCC2. The van der Waals surface area contributed by atoms with Crippen LogP contribution >= 0.6 is 0 Å². The van der Waals surface area contributed by atoms with Gasteiger partial charge in [0, 0.05) is 31.1 Å². The van der Waals surface area contributed by atoms with Crippen LogP contribution in [0, 0.1) is 6.92 Å². The van der Waals surface area contributed by atoms with Crippen molar-refractivity contribution in [2.24, 2.45) is 0 Å². The topological polar surface area (TPSA) is 29.9 Å². The van der Waals surface area contributed by atoms with E-state index in [4.69, 9.17) is 4.98 Å². The first-order valence-electron chi connectivity index (χ1n) is 6.13. The van der Waals surface area contributed by atoms with Crippen LogP contribution in [0.4, 0.5) is 0 Å². The third-order valence-corrected chi connectivity index (χ3v) is 3.75. The third kappa shape index (κ3) is 1.49. The van der Waals surface area contributed by atoms with Gasteiger partial charge in [0.15, 0.2) is 0 Å². The molecule has 2 aliphatic rings. The van der Waals surface area contributed by atoms with Crippen LogP contribution in [0.1, 0.15) is 42.4 Å². The van der Waals surface area contributed by atoms with E-state index < -0.39 is 0 Å². The van der Waals surface area contributed by atoms with Crippen LogP contribution in [0.5, 0.6) is 0 Å². The number of rotatable bonds is 1. The predicted octanol–water partition coefficient (Wildman–Crippen LogP) is 1.60. The molecule has 1 saturated heterocycles. The summed E-state index contributed by atoms with van der Waals surface area (Å²) in [5, 5.41) is 3.45. The Bertz CT molecular complexity index is 361. The van der Waals surface area contributed by atoms with Crippen molar-refractivity contribution in [3.63, 3.8) is 0 Å². The Kier molecular flexibility index (Phi) is 2.28. The Morgan fingerprint density at radius 1 is 1.40 bits per heavy atom. The van der Waals surface area contributed by atoms with Gasteiger partial charge in [0.25, 0.3) is 0 Å². The van der Waals surface area contributed by atoms with E-state index >= 15 is 0 Å². The molecule has 2 aliphatic heterocycles. The fourth-order valence-corrected chi connectivity index (χ4v) is 3.04. The highest BCUT2D eigenvalue weighted by atomic mass is 15.1. The van der Waals surface area contributed by atoms with Gasteiger partial charge in [0.2, 0.25) is 0 Å². The minimum absolute atomic E-state index is 0.712. The van der Waals surface area contributed by atoms with E-state index in [-0.39, 0.29) is 0 Å². The molecule has 0 spiro atoms. The third-order valence-electron chi connectivity index (χ3n) is 3.75. The number of hydrogen-bond acceptors (Lipinski definition) is 2. The fourth-order valence-electron chi connectivity index (χ4n) is 3.04. The molecule has 3 rings (SSSR count). The first-order valence-corrected chi connectivity index (χ1v) is 6.13. The number of hydrogen-bond donors (Lipinski definition) is 1. The molecule has 1 N–H and O–H groups in total. The van der Waals surface area contributed by atoms with E-state index in [9.17, 15) is 0 Å². The Hall–Kier alpha value is -0.830. The average molecular weight is 205 g/mol. The first-order chi connectivity index (χ1) is 7.36. The van der Waals surface area contributed by atoms with Crippen molar-refractivity contribution in [2.75, 3.05) is 13.1 Å². The van der Waals surface area contributed by atoms with Gasteiger partial charge in [-0.25, -0.2) is 4.98 Å². The minimum atomic E-state index is 0.712. The molecule has 1 atom stereocenters. The summed E-state index contributed by atoms with van der Waals surface area (Å²) in [6.45, 7) is 5.69. The van der Waals surface area contributed by atoms with Gasteiger partial charge in [0.1, 0.15) is 5.82 Å². The number of imidazole rings is 1. The van der Waals surface area contributed by atoms with Crippen LogP contribution in [-0.2, 0) is 13.0 Å². The molecule has 3 nitrogen and oxygen atoms in total. The lowest BCUT2D eigenvalue weighted by Crippen LogP contribution is -2.17.